The standard InChI is InChI=1S/C48H53N3O9/c1-4-27-58-48-44(50(2)45(54)24-17-32-15-19-36(20-16-32)51(55)56)31-42(49-57-3)40-29-35(13-7-9-25-52)39(14-8-10-26-53)46(47(40)48)41-30-38(22-23-43(41)60-48)59-37-21-18-33-11-5-6-12-34(33)28-37/h4-6,11-12,15-24,28-30,35,39,44,46-47,52-53H,1,7-10,13-14,25-27,31H2,2-3H3/t35-,39+,44-,46+,47+,48+/m0/s1. The van der Waals surface area contributed by atoms with Gasteiger partial charge in [0.15, 0.2) is 0 Å². The molecule has 12 nitrogen and oxygen atoms in total. The fraction of sp³-hybridized carbons (Fsp3) is 0.375. The number of nitro benzene ring substituents is 1. The van der Waals surface area contributed by atoms with Crippen LogP contribution in [0.15, 0.2) is 120 Å². The highest BCUT2D eigenvalue weighted by atomic mass is 16.7. The van der Waals surface area contributed by atoms with Gasteiger partial charge < -0.3 is 34.2 Å². The largest absolute Gasteiger partial charge is 0.459 e. The van der Waals surface area contributed by atoms with E-state index in [1.165, 1.54) is 25.3 Å². The number of ether oxygens (including phenoxy) is 3. The lowest BCUT2D eigenvalue weighted by Gasteiger charge is -2.59. The number of nitrogens with zero attached hydrogens (tertiary/aromatic N) is 3. The molecule has 0 aromatic heterocycles. The molecule has 4 aromatic rings. The Balaban J connectivity index is 1.36. The molecule has 0 unspecified atom stereocenters. The Morgan fingerprint density at radius 3 is 2.42 bits per heavy atom. The van der Waals surface area contributed by atoms with Crippen molar-refractivity contribution in [1.29, 1.82) is 0 Å². The number of hydrogen-bond donors (Lipinski definition) is 2. The van der Waals surface area contributed by atoms with Crippen LogP contribution < -0.4 is 9.47 Å². The van der Waals surface area contributed by atoms with E-state index in [2.05, 4.69) is 36.0 Å². The number of hydrogen-bond acceptors (Lipinski definition) is 10. The summed E-state index contributed by atoms with van der Waals surface area (Å²) in [7, 11) is 3.24. The molecule has 0 bridgehead atoms. The van der Waals surface area contributed by atoms with Gasteiger partial charge in [0.1, 0.15) is 30.4 Å². The second kappa shape index (κ2) is 19.1. The summed E-state index contributed by atoms with van der Waals surface area (Å²) >= 11 is 0. The molecule has 314 valence electrons. The van der Waals surface area contributed by atoms with Gasteiger partial charge in [0.2, 0.25) is 11.7 Å². The molecule has 1 fully saturated rings. The number of unbranched alkanes of at least 4 members (excludes halogenated alkanes) is 2. The normalized spacial score (nSPS) is 23.6. The Hall–Kier alpha value is -5.82. The number of allylic oxidation sites excluding steroid dienone is 1. The predicted octanol–water partition coefficient (Wildman–Crippen LogP) is 8.98. The van der Waals surface area contributed by atoms with Crippen LogP contribution in [-0.4, -0.2) is 77.5 Å². The molecule has 1 heterocycles. The van der Waals surface area contributed by atoms with Crippen LogP contribution in [0.25, 0.3) is 16.8 Å². The average molecular weight is 816 g/mol. The molecule has 2 N–H and O–H groups in total. The number of non-ortho nitro benzene ring substituents is 1. The van der Waals surface area contributed by atoms with Crippen LogP contribution in [0.2, 0.25) is 0 Å². The molecule has 1 saturated carbocycles. The minimum Gasteiger partial charge on any atom is -0.459 e. The Morgan fingerprint density at radius 1 is 0.983 bits per heavy atom. The van der Waals surface area contributed by atoms with Crippen molar-refractivity contribution in [3.05, 3.63) is 137 Å². The van der Waals surface area contributed by atoms with Gasteiger partial charge in [-0.25, -0.2) is 0 Å². The number of benzene rings is 4. The highest BCUT2D eigenvalue weighted by Crippen LogP contribution is 2.62. The summed E-state index contributed by atoms with van der Waals surface area (Å²) in [6.45, 7) is 4.30. The summed E-state index contributed by atoms with van der Waals surface area (Å²) in [4.78, 5) is 32.1. The van der Waals surface area contributed by atoms with Crippen molar-refractivity contribution in [2.45, 2.75) is 62.7 Å². The average Bonchev–Trinajstić information content (AvgIpc) is 3.26. The van der Waals surface area contributed by atoms with Gasteiger partial charge in [-0.1, -0.05) is 60.5 Å². The lowest BCUT2D eigenvalue weighted by atomic mass is 9.55. The molecule has 2 aliphatic carbocycles. The molecule has 1 aliphatic heterocycles. The van der Waals surface area contributed by atoms with Crippen LogP contribution in [0.3, 0.4) is 0 Å². The molecule has 4 aromatic carbocycles. The molecule has 0 spiro atoms. The summed E-state index contributed by atoms with van der Waals surface area (Å²) < 4.78 is 20.7. The number of carbonyl (C=O) groups excluding carboxylic acids is 1. The van der Waals surface area contributed by atoms with Crippen LogP contribution in [-0.2, 0) is 14.4 Å². The lowest BCUT2D eigenvalue weighted by Crippen LogP contribution is -2.69. The maximum absolute atomic E-state index is 14.2. The van der Waals surface area contributed by atoms with Crippen molar-refractivity contribution in [2.24, 2.45) is 22.9 Å². The molecular weight excluding hydrogens is 763 g/mol. The lowest BCUT2D eigenvalue weighted by molar-refractivity contribution is -0.384. The minimum atomic E-state index is -1.40. The highest BCUT2D eigenvalue weighted by molar-refractivity contribution is 6.03. The summed E-state index contributed by atoms with van der Waals surface area (Å²) in [5, 5.41) is 37.7. The number of aliphatic hydroxyl groups excluding tert-OH is 2. The van der Waals surface area contributed by atoms with E-state index in [4.69, 9.17) is 19.0 Å². The van der Waals surface area contributed by atoms with Gasteiger partial charge in [0.05, 0.1) is 23.2 Å². The molecule has 1 amide bonds. The van der Waals surface area contributed by atoms with Crippen molar-refractivity contribution < 1.29 is 39.0 Å². The maximum atomic E-state index is 14.2. The smallest absolute Gasteiger partial charge is 0.269 e. The molecule has 0 radical (unpaired) electrons. The predicted molar refractivity (Wildman–Crippen MR) is 231 cm³/mol. The van der Waals surface area contributed by atoms with E-state index in [0.717, 1.165) is 47.6 Å². The second-order valence-corrected chi connectivity index (χ2v) is 15.7. The molecule has 6 atom stereocenters. The van der Waals surface area contributed by atoms with Gasteiger partial charge in [0, 0.05) is 56.4 Å². The van der Waals surface area contributed by atoms with Gasteiger partial charge in [-0.05, 0) is 108 Å². The van der Waals surface area contributed by atoms with Crippen molar-refractivity contribution in [2.75, 3.05) is 34.0 Å². The zero-order chi connectivity index (χ0) is 42.2. The number of nitro groups is 1. The van der Waals surface area contributed by atoms with Crippen LogP contribution >= 0.6 is 0 Å². The minimum absolute atomic E-state index is 0.0395. The first-order valence-electron chi connectivity index (χ1n) is 20.7. The zero-order valence-electron chi connectivity index (χ0n) is 34.2. The molecule has 3 aliphatic rings. The van der Waals surface area contributed by atoms with E-state index < -0.39 is 22.7 Å². The topological polar surface area (TPSA) is 153 Å². The van der Waals surface area contributed by atoms with Crippen molar-refractivity contribution >= 4 is 34.2 Å². The quantitative estimate of drug-likeness (QED) is 0.0330. The third-order valence-electron chi connectivity index (χ3n) is 12.1. The van der Waals surface area contributed by atoms with Crippen molar-refractivity contribution in [3.8, 4) is 17.2 Å². The number of rotatable bonds is 18. The van der Waals surface area contributed by atoms with Gasteiger partial charge in [0.25, 0.3) is 5.69 Å². The summed E-state index contributed by atoms with van der Waals surface area (Å²) in [6, 6.07) is 25.4. The van der Waals surface area contributed by atoms with E-state index in [-0.39, 0.29) is 55.6 Å². The first-order valence-corrected chi connectivity index (χ1v) is 20.7. The Bertz CT molecular complexity index is 2270. The van der Waals surface area contributed by atoms with E-state index >= 15 is 0 Å². The number of likely N-dealkylation sites (N-methyl/N-ethyl adjacent to an activating group) is 1. The maximum Gasteiger partial charge on any atom is 0.269 e. The van der Waals surface area contributed by atoms with Crippen LogP contribution in [0.4, 0.5) is 5.69 Å². The number of aliphatic hydroxyl groups is 2. The molecule has 0 saturated heterocycles. The van der Waals surface area contributed by atoms with Crippen molar-refractivity contribution in [3.63, 3.8) is 0 Å². The van der Waals surface area contributed by atoms with Crippen molar-refractivity contribution in [1.82, 2.24) is 4.90 Å². The summed E-state index contributed by atoms with van der Waals surface area (Å²) in [5.41, 5.74) is 3.16. The fourth-order valence-electron chi connectivity index (χ4n) is 9.41. The van der Waals surface area contributed by atoms with Gasteiger partial charge in [-0.3, -0.25) is 14.9 Å². The van der Waals surface area contributed by atoms with Crippen LogP contribution in [0.5, 0.6) is 17.2 Å². The number of amides is 1. The summed E-state index contributed by atoms with van der Waals surface area (Å²) in [5.74, 6) is -0.287. The third-order valence-corrected chi connectivity index (χ3v) is 12.1. The van der Waals surface area contributed by atoms with E-state index in [1.54, 1.807) is 36.2 Å². The van der Waals surface area contributed by atoms with Crippen LogP contribution in [0.1, 0.15) is 62.0 Å². The molecule has 7 rings (SSSR count). The van der Waals surface area contributed by atoms with E-state index in [1.807, 2.05) is 42.5 Å². The highest BCUT2D eigenvalue weighted by Gasteiger charge is 2.65. The van der Waals surface area contributed by atoms with E-state index in [9.17, 15) is 25.1 Å². The Morgan fingerprint density at radius 2 is 1.70 bits per heavy atom. The fourth-order valence-corrected chi connectivity index (χ4v) is 9.41. The monoisotopic (exact) mass is 815 g/mol. The second-order valence-electron chi connectivity index (χ2n) is 15.7. The Labute approximate surface area is 350 Å². The SMILES string of the molecule is C=CCO[C@@]12Oc3ccc(Oc4ccc5ccccc5c4)cc3[C@H]3[C@H](CCCCO)[C@@H](CCCCO)C=C(C(=NOC)C[C@@H]1N(C)C(=O)C=Cc1ccc([N+](=O)[O-])cc1)[C@H]32. The van der Waals surface area contributed by atoms with Gasteiger partial charge >= 0.3 is 0 Å². The number of oxime groups is 1. The number of carbonyl (C=O) groups is 1. The zero-order valence-corrected chi connectivity index (χ0v) is 34.2. The van der Waals surface area contributed by atoms with Gasteiger partial charge in [-0.2, -0.15) is 0 Å². The number of fused-ring (bicyclic) bond motifs is 3. The third kappa shape index (κ3) is 8.72. The Kier molecular flexibility index (Phi) is 13.4. The van der Waals surface area contributed by atoms with E-state index in [0.29, 0.717) is 41.4 Å². The molecule has 60 heavy (non-hydrogen) atoms. The first-order chi connectivity index (χ1) is 29.2. The first kappa shape index (κ1) is 42.3. The molecule has 12 heteroatoms. The summed E-state index contributed by atoms with van der Waals surface area (Å²) in [6.07, 6.45) is 11.9. The molecular formula is C48H53N3O9. The van der Waals surface area contributed by atoms with Gasteiger partial charge in [-0.15, -0.1) is 6.58 Å². The van der Waals surface area contributed by atoms with Crippen LogP contribution in [0, 0.1) is 27.9 Å².